The predicted molar refractivity (Wildman–Crippen MR) is 69.0 cm³/mol. The first-order valence-electron chi connectivity index (χ1n) is 5.86. The van der Waals surface area contributed by atoms with Crippen LogP contribution in [0.15, 0.2) is 29.6 Å². The molecule has 0 amide bonds. The Labute approximate surface area is 108 Å². The molecular weight excluding hydrogens is 246 g/mol. The highest BCUT2D eigenvalue weighted by atomic mass is 16.3. The van der Waals surface area contributed by atoms with Gasteiger partial charge in [-0.25, -0.2) is 4.98 Å². The Balaban J connectivity index is 2.40. The number of aliphatic hydroxyl groups excluding tert-OH is 1. The second kappa shape index (κ2) is 3.86. The van der Waals surface area contributed by atoms with Crippen molar-refractivity contribution in [1.29, 1.82) is 0 Å². The van der Waals surface area contributed by atoms with Gasteiger partial charge in [-0.1, -0.05) is 0 Å². The first-order valence-corrected chi connectivity index (χ1v) is 5.86. The highest BCUT2D eigenvalue weighted by molar-refractivity contribution is 5.78. The lowest BCUT2D eigenvalue weighted by Gasteiger charge is -2.25. The molecule has 0 spiro atoms. The summed E-state index contributed by atoms with van der Waals surface area (Å²) in [6.45, 7) is 3.46. The summed E-state index contributed by atoms with van der Waals surface area (Å²) in [6, 6.07) is 1.78. The van der Waals surface area contributed by atoms with Crippen LogP contribution >= 0.6 is 0 Å². The molecule has 7 heteroatoms. The molecule has 0 aliphatic rings. The van der Waals surface area contributed by atoms with Gasteiger partial charge in [0.05, 0.1) is 23.0 Å². The topological polar surface area (TPSA) is 85.3 Å². The normalized spacial score (nSPS) is 12.4. The average molecular weight is 259 g/mol. The molecule has 0 saturated carbocycles. The van der Waals surface area contributed by atoms with E-state index >= 15 is 0 Å². The summed E-state index contributed by atoms with van der Waals surface area (Å²) in [6.07, 6.45) is 4.54. The number of nitrogens with zero attached hydrogens (tertiary/aromatic N) is 5. The van der Waals surface area contributed by atoms with E-state index in [9.17, 15) is 9.90 Å². The van der Waals surface area contributed by atoms with E-state index in [1.807, 2.05) is 0 Å². The lowest BCUT2D eigenvalue weighted by molar-refractivity contribution is 0.161. The molecule has 98 valence electrons. The smallest absolute Gasteiger partial charge is 0.262 e. The summed E-state index contributed by atoms with van der Waals surface area (Å²) < 4.78 is 3.02. The number of hydrogen-bond acceptors (Lipinski definition) is 5. The monoisotopic (exact) mass is 259 g/mol. The van der Waals surface area contributed by atoms with Crippen LogP contribution in [-0.2, 0) is 5.54 Å². The zero-order valence-electron chi connectivity index (χ0n) is 10.6. The van der Waals surface area contributed by atoms with E-state index < -0.39 is 5.54 Å². The predicted octanol–water partition coefficient (Wildman–Crippen LogP) is 0.167. The molecule has 0 aliphatic carbocycles. The maximum atomic E-state index is 12.4. The third-order valence-corrected chi connectivity index (χ3v) is 3.21. The molecule has 0 bridgehead atoms. The fraction of sp³-hybridized carbons (Fsp3) is 0.333. The van der Waals surface area contributed by atoms with Crippen LogP contribution in [0.4, 0.5) is 0 Å². The van der Waals surface area contributed by atoms with Gasteiger partial charge >= 0.3 is 0 Å². The van der Waals surface area contributed by atoms with E-state index in [1.165, 1.54) is 21.6 Å². The molecule has 3 aromatic heterocycles. The lowest BCUT2D eigenvalue weighted by Crippen LogP contribution is -2.38. The van der Waals surface area contributed by atoms with Crippen molar-refractivity contribution in [2.24, 2.45) is 0 Å². The summed E-state index contributed by atoms with van der Waals surface area (Å²) >= 11 is 0. The first kappa shape index (κ1) is 11.8. The Kier molecular flexibility index (Phi) is 2.39. The Bertz CT molecular complexity index is 818. The third kappa shape index (κ3) is 1.62. The van der Waals surface area contributed by atoms with Crippen LogP contribution in [0.1, 0.15) is 13.8 Å². The van der Waals surface area contributed by atoms with Gasteiger partial charge in [0.25, 0.3) is 11.3 Å². The van der Waals surface area contributed by atoms with E-state index in [4.69, 9.17) is 0 Å². The Morgan fingerprint density at radius 2 is 2.16 bits per heavy atom. The molecule has 0 aromatic carbocycles. The summed E-state index contributed by atoms with van der Waals surface area (Å²) in [5.74, 6) is 0.450. The van der Waals surface area contributed by atoms with Crippen LogP contribution in [0.3, 0.4) is 0 Å². The van der Waals surface area contributed by atoms with Gasteiger partial charge in [-0.15, -0.1) is 0 Å². The Morgan fingerprint density at radius 3 is 2.89 bits per heavy atom. The maximum absolute atomic E-state index is 12.4. The standard InChI is InChI=1S/C12H13N5O2/c1-12(2,6-18)16-4-3-9-8(10(16)19)5-13-11-14-7-15-17(9)11/h3-5,7,18H,6H2,1-2H3. The molecule has 0 saturated heterocycles. The Morgan fingerprint density at radius 1 is 1.37 bits per heavy atom. The van der Waals surface area contributed by atoms with Gasteiger partial charge in [0, 0.05) is 12.4 Å². The van der Waals surface area contributed by atoms with Crippen molar-refractivity contribution in [3.8, 4) is 0 Å². The van der Waals surface area contributed by atoms with Gasteiger partial charge in [-0.3, -0.25) is 4.79 Å². The SMILES string of the molecule is CC(C)(CO)n1ccc2c(cnc3ncnn32)c1=O. The van der Waals surface area contributed by atoms with Gasteiger partial charge in [0.15, 0.2) is 0 Å². The van der Waals surface area contributed by atoms with Gasteiger partial charge in [-0.05, 0) is 19.9 Å². The summed E-state index contributed by atoms with van der Waals surface area (Å²) in [7, 11) is 0. The molecule has 3 heterocycles. The lowest BCUT2D eigenvalue weighted by atomic mass is 10.1. The van der Waals surface area contributed by atoms with Crippen LogP contribution in [0.25, 0.3) is 16.7 Å². The summed E-state index contributed by atoms with van der Waals surface area (Å²) in [4.78, 5) is 20.5. The largest absolute Gasteiger partial charge is 0.394 e. The van der Waals surface area contributed by atoms with E-state index in [0.29, 0.717) is 16.7 Å². The molecule has 7 nitrogen and oxygen atoms in total. The number of hydrogen-bond donors (Lipinski definition) is 1. The molecule has 3 rings (SSSR count). The molecule has 3 aromatic rings. The summed E-state index contributed by atoms with van der Waals surface area (Å²) in [5, 5.41) is 13.9. The molecular formula is C12H13N5O2. The minimum atomic E-state index is -0.664. The van der Waals surface area contributed by atoms with Crippen LogP contribution in [0.2, 0.25) is 0 Å². The van der Waals surface area contributed by atoms with Crippen LogP contribution in [0.5, 0.6) is 0 Å². The van der Waals surface area contributed by atoms with E-state index in [0.717, 1.165) is 0 Å². The van der Waals surface area contributed by atoms with E-state index in [-0.39, 0.29) is 12.2 Å². The molecule has 19 heavy (non-hydrogen) atoms. The van der Waals surface area contributed by atoms with Crippen molar-refractivity contribution in [1.82, 2.24) is 24.1 Å². The number of fused-ring (bicyclic) bond motifs is 3. The first-order chi connectivity index (χ1) is 9.04. The van der Waals surface area contributed by atoms with Crippen molar-refractivity contribution in [3.05, 3.63) is 35.1 Å². The third-order valence-electron chi connectivity index (χ3n) is 3.21. The number of aromatic nitrogens is 5. The second-order valence-corrected chi connectivity index (χ2v) is 4.99. The fourth-order valence-corrected chi connectivity index (χ4v) is 2.02. The van der Waals surface area contributed by atoms with Crippen molar-refractivity contribution in [3.63, 3.8) is 0 Å². The average Bonchev–Trinajstić information content (AvgIpc) is 2.87. The van der Waals surface area contributed by atoms with Crippen molar-refractivity contribution >= 4 is 16.7 Å². The van der Waals surface area contributed by atoms with Gasteiger partial charge in [-0.2, -0.15) is 14.6 Å². The van der Waals surface area contributed by atoms with Gasteiger partial charge in [0.1, 0.15) is 6.33 Å². The zero-order chi connectivity index (χ0) is 13.6. The number of aliphatic hydroxyl groups is 1. The molecule has 0 unspecified atom stereocenters. The molecule has 0 radical (unpaired) electrons. The number of rotatable bonds is 2. The van der Waals surface area contributed by atoms with Crippen LogP contribution < -0.4 is 5.56 Å². The van der Waals surface area contributed by atoms with E-state index in [2.05, 4.69) is 15.1 Å². The minimum absolute atomic E-state index is 0.128. The molecule has 0 atom stereocenters. The summed E-state index contributed by atoms with van der Waals surface area (Å²) in [5.41, 5.74) is -0.221. The van der Waals surface area contributed by atoms with Crippen LogP contribution in [0, 0.1) is 0 Å². The Hall–Kier alpha value is -2.28. The van der Waals surface area contributed by atoms with Crippen molar-refractivity contribution in [2.75, 3.05) is 6.61 Å². The number of pyridine rings is 1. The van der Waals surface area contributed by atoms with Gasteiger partial charge in [0.2, 0.25) is 0 Å². The maximum Gasteiger partial charge on any atom is 0.262 e. The van der Waals surface area contributed by atoms with Gasteiger partial charge < -0.3 is 9.67 Å². The second-order valence-electron chi connectivity index (χ2n) is 4.99. The molecule has 1 N–H and O–H groups in total. The fourth-order valence-electron chi connectivity index (χ4n) is 2.02. The molecule has 0 fully saturated rings. The van der Waals surface area contributed by atoms with E-state index in [1.54, 1.807) is 26.1 Å². The zero-order valence-corrected chi connectivity index (χ0v) is 10.6. The van der Waals surface area contributed by atoms with Crippen molar-refractivity contribution < 1.29 is 5.11 Å². The molecule has 0 aliphatic heterocycles. The highest BCUT2D eigenvalue weighted by Gasteiger charge is 2.21. The van der Waals surface area contributed by atoms with Crippen molar-refractivity contribution in [2.45, 2.75) is 19.4 Å². The van der Waals surface area contributed by atoms with Crippen LogP contribution in [-0.4, -0.2) is 35.9 Å². The minimum Gasteiger partial charge on any atom is -0.394 e. The quantitative estimate of drug-likeness (QED) is 0.709. The highest BCUT2D eigenvalue weighted by Crippen LogP contribution is 2.15.